The fraction of sp³-hybridized carbons (Fsp3) is 0.452. The van der Waals surface area contributed by atoms with E-state index in [-0.39, 0.29) is 5.78 Å². The lowest BCUT2D eigenvalue weighted by Gasteiger charge is -2.21. The first kappa shape index (κ1) is 32.4. The molecule has 0 atom stereocenters. The van der Waals surface area contributed by atoms with Crippen molar-refractivity contribution in [1.29, 1.82) is 0 Å². The molecule has 0 saturated carbocycles. The van der Waals surface area contributed by atoms with Gasteiger partial charge in [0.25, 0.3) is 0 Å². The number of ketones is 1. The Balaban J connectivity index is 0.000000840. The maximum atomic E-state index is 13.5. The normalized spacial score (nSPS) is 10.8. The van der Waals surface area contributed by atoms with E-state index in [1.807, 2.05) is 49.5 Å². The molecule has 9 nitrogen and oxygen atoms in total. The molecule has 1 aromatic heterocycles. The van der Waals surface area contributed by atoms with Gasteiger partial charge < -0.3 is 30.2 Å². The molecule has 0 amide bonds. The number of ether oxygens (including phenoxy) is 1. The molecule has 40 heavy (non-hydrogen) atoms. The number of carboxylic acids is 2. The van der Waals surface area contributed by atoms with Crippen LogP contribution in [0.1, 0.15) is 74.5 Å². The van der Waals surface area contributed by atoms with E-state index in [1.165, 1.54) is 38.8 Å². The van der Waals surface area contributed by atoms with Gasteiger partial charge in [0.2, 0.25) is 0 Å². The largest absolute Gasteiger partial charge is 0.494 e. The predicted octanol–water partition coefficient (Wildman–Crippen LogP) is 5.38. The van der Waals surface area contributed by atoms with Gasteiger partial charge in [-0.25, -0.2) is 9.59 Å². The zero-order valence-electron chi connectivity index (χ0n) is 24.1. The molecule has 0 aliphatic rings. The van der Waals surface area contributed by atoms with Crippen LogP contribution in [0.2, 0.25) is 0 Å². The summed E-state index contributed by atoms with van der Waals surface area (Å²) in [7, 11) is 2.00. The van der Waals surface area contributed by atoms with Crippen LogP contribution in [-0.4, -0.2) is 63.6 Å². The van der Waals surface area contributed by atoms with Gasteiger partial charge in [0.15, 0.2) is 5.78 Å². The van der Waals surface area contributed by atoms with E-state index in [4.69, 9.17) is 30.3 Å². The molecule has 9 heteroatoms. The molecule has 2 aromatic carbocycles. The highest BCUT2D eigenvalue weighted by atomic mass is 16.5. The molecular formula is C31H43N3O6. The fourth-order valence-corrected chi connectivity index (χ4v) is 4.65. The smallest absolute Gasteiger partial charge is 0.414 e. The highest BCUT2D eigenvalue weighted by Crippen LogP contribution is 2.32. The van der Waals surface area contributed by atoms with Crippen LogP contribution in [0.5, 0.6) is 5.75 Å². The van der Waals surface area contributed by atoms with Gasteiger partial charge in [-0.1, -0.05) is 39.7 Å². The third-order valence-electron chi connectivity index (χ3n) is 6.78. The number of carboxylic acid groups (broad SMARTS) is 2. The summed E-state index contributed by atoms with van der Waals surface area (Å²) in [5, 5.41) is 15.6. The van der Waals surface area contributed by atoms with E-state index in [2.05, 4.69) is 30.2 Å². The lowest BCUT2D eigenvalue weighted by Crippen LogP contribution is -2.28. The van der Waals surface area contributed by atoms with Crippen molar-refractivity contribution >= 4 is 34.3 Å². The molecule has 0 aliphatic heterocycles. The Bertz CT molecular complexity index is 1250. The van der Waals surface area contributed by atoms with Crippen LogP contribution in [0, 0.1) is 0 Å². The summed E-state index contributed by atoms with van der Waals surface area (Å²) in [6.45, 7) is 10.7. The average molecular weight is 554 g/mol. The van der Waals surface area contributed by atoms with Crippen molar-refractivity contribution in [2.45, 2.75) is 59.3 Å². The molecule has 0 fully saturated rings. The van der Waals surface area contributed by atoms with E-state index in [0.717, 1.165) is 41.7 Å². The fourth-order valence-electron chi connectivity index (χ4n) is 4.65. The summed E-state index contributed by atoms with van der Waals surface area (Å²) in [6.07, 6.45) is 6.73. The number of aromatic nitrogens is 1. The Hall–Kier alpha value is -3.85. The van der Waals surface area contributed by atoms with Crippen molar-refractivity contribution in [3.63, 3.8) is 0 Å². The van der Waals surface area contributed by atoms with Crippen molar-refractivity contribution in [1.82, 2.24) is 9.47 Å². The Morgan fingerprint density at radius 1 is 0.875 bits per heavy atom. The summed E-state index contributed by atoms with van der Waals surface area (Å²) >= 11 is 0. The minimum absolute atomic E-state index is 0.00869. The molecule has 0 spiro atoms. The van der Waals surface area contributed by atoms with Crippen LogP contribution in [0.4, 0.5) is 5.69 Å². The Labute approximate surface area is 236 Å². The summed E-state index contributed by atoms with van der Waals surface area (Å²) < 4.78 is 8.07. The second-order valence-corrected chi connectivity index (χ2v) is 9.69. The van der Waals surface area contributed by atoms with Crippen LogP contribution in [0.3, 0.4) is 0 Å². The molecule has 0 saturated heterocycles. The lowest BCUT2D eigenvalue weighted by molar-refractivity contribution is -0.159. The maximum absolute atomic E-state index is 13.5. The number of carbonyl (C=O) groups is 3. The van der Waals surface area contributed by atoms with Gasteiger partial charge in [-0.2, -0.15) is 0 Å². The van der Waals surface area contributed by atoms with E-state index in [0.29, 0.717) is 23.4 Å². The lowest BCUT2D eigenvalue weighted by atomic mass is 9.98. The van der Waals surface area contributed by atoms with Gasteiger partial charge in [0.1, 0.15) is 5.75 Å². The zero-order chi connectivity index (χ0) is 29.7. The summed E-state index contributed by atoms with van der Waals surface area (Å²) in [6, 6.07) is 13.3. The summed E-state index contributed by atoms with van der Waals surface area (Å²) in [5.74, 6) is -2.84. The molecule has 3 aromatic rings. The van der Waals surface area contributed by atoms with Crippen molar-refractivity contribution in [2.75, 3.05) is 32.0 Å². The minimum atomic E-state index is -1.82. The van der Waals surface area contributed by atoms with Crippen molar-refractivity contribution in [3.05, 3.63) is 59.3 Å². The number of nitrogens with two attached hydrogens (primary N) is 1. The number of nitrogens with zero attached hydrogens (tertiary/aromatic N) is 2. The molecule has 0 radical (unpaired) electrons. The number of benzene rings is 2. The molecular weight excluding hydrogens is 510 g/mol. The number of rotatable bonds is 14. The average Bonchev–Trinajstić information content (AvgIpc) is 3.24. The molecule has 0 aliphatic carbocycles. The van der Waals surface area contributed by atoms with Crippen LogP contribution < -0.4 is 10.5 Å². The van der Waals surface area contributed by atoms with Crippen molar-refractivity contribution < 1.29 is 29.3 Å². The Morgan fingerprint density at radius 2 is 1.45 bits per heavy atom. The number of nitrogen functional groups attached to an aromatic ring is 1. The van der Waals surface area contributed by atoms with Crippen molar-refractivity contribution in [3.8, 4) is 5.75 Å². The first-order chi connectivity index (χ1) is 19.2. The molecule has 218 valence electrons. The number of hydrogen-bond donors (Lipinski definition) is 3. The van der Waals surface area contributed by atoms with Gasteiger partial charge in [0.05, 0.1) is 17.7 Å². The molecule has 0 bridgehead atoms. The second-order valence-electron chi connectivity index (χ2n) is 9.69. The number of aryl methyl sites for hydroxylation is 1. The van der Waals surface area contributed by atoms with Gasteiger partial charge in [-0.3, -0.25) is 4.79 Å². The quantitative estimate of drug-likeness (QED) is 0.105. The molecule has 1 heterocycles. The van der Waals surface area contributed by atoms with E-state index in [9.17, 15) is 4.79 Å². The van der Waals surface area contributed by atoms with Gasteiger partial charge in [0, 0.05) is 35.9 Å². The van der Waals surface area contributed by atoms with Crippen molar-refractivity contribution in [2.24, 2.45) is 7.05 Å². The SMILES string of the molecule is CCCCN(CCCC)CCCOc1ccc(C(=O)c2c(CC)n(C)c3cccc(N)c23)cc1.O=C(O)C(=O)O. The standard InChI is InChI=1S/C29H41N3O2.C2H2O4/c1-5-8-18-32(19-9-6-2)20-11-21-34-23-16-14-22(15-17-23)29(33)28-25(7-3)31(4)26-13-10-12-24(30)27(26)28;3-1(4)2(5)6/h10,12-17H,5-9,11,18-21,30H2,1-4H3;(H,3,4)(H,5,6). The van der Waals surface area contributed by atoms with Crippen LogP contribution in [0.15, 0.2) is 42.5 Å². The highest BCUT2D eigenvalue weighted by Gasteiger charge is 2.22. The third kappa shape index (κ3) is 8.84. The number of unbranched alkanes of at least 4 members (excludes halogenated alkanes) is 2. The molecule has 4 N–H and O–H groups in total. The Kier molecular flexibility index (Phi) is 13.2. The van der Waals surface area contributed by atoms with Gasteiger partial charge in [-0.05, 0) is 75.2 Å². The number of anilines is 1. The number of carbonyl (C=O) groups excluding carboxylic acids is 1. The maximum Gasteiger partial charge on any atom is 0.414 e. The van der Waals surface area contributed by atoms with Gasteiger partial charge in [-0.15, -0.1) is 0 Å². The summed E-state index contributed by atoms with van der Waals surface area (Å²) in [5.41, 5.74) is 10.3. The first-order valence-electron chi connectivity index (χ1n) is 14.0. The first-order valence-corrected chi connectivity index (χ1v) is 14.0. The number of aliphatic carboxylic acids is 2. The van der Waals surface area contributed by atoms with Crippen LogP contribution >= 0.6 is 0 Å². The van der Waals surface area contributed by atoms with Crippen LogP contribution in [-0.2, 0) is 23.1 Å². The number of hydrogen-bond acceptors (Lipinski definition) is 6. The second kappa shape index (κ2) is 16.3. The predicted molar refractivity (Wildman–Crippen MR) is 158 cm³/mol. The summed E-state index contributed by atoms with van der Waals surface area (Å²) in [4.78, 5) is 34.3. The molecule has 0 unspecified atom stereocenters. The van der Waals surface area contributed by atoms with Crippen LogP contribution in [0.25, 0.3) is 10.9 Å². The third-order valence-corrected chi connectivity index (χ3v) is 6.78. The van der Waals surface area contributed by atoms with E-state index in [1.54, 1.807) is 0 Å². The minimum Gasteiger partial charge on any atom is -0.494 e. The topological polar surface area (TPSA) is 135 Å². The Morgan fingerprint density at radius 3 is 1.98 bits per heavy atom. The van der Waals surface area contributed by atoms with E-state index >= 15 is 0 Å². The highest BCUT2D eigenvalue weighted by molar-refractivity contribution is 6.27. The molecule has 3 rings (SSSR count). The zero-order valence-corrected chi connectivity index (χ0v) is 24.1. The van der Waals surface area contributed by atoms with E-state index < -0.39 is 11.9 Å². The number of fused-ring (bicyclic) bond motifs is 1. The van der Waals surface area contributed by atoms with Gasteiger partial charge >= 0.3 is 11.9 Å². The monoisotopic (exact) mass is 553 g/mol.